The van der Waals surface area contributed by atoms with Crippen LogP contribution in [0.5, 0.6) is 0 Å². The number of halogens is 1. The highest BCUT2D eigenvalue weighted by molar-refractivity contribution is 9.10. The molecule has 2 rings (SSSR count). The van der Waals surface area contributed by atoms with Crippen LogP contribution < -0.4 is 5.73 Å². The van der Waals surface area contributed by atoms with Crippen LogP contribution in [0.15, 0.2) is 28.7 Å². The van der Waals surface area contributed by atoms with Crippen molar-refractivity contribution in [3.63, 3.8) is 0 Å². The van der Waals surface area contributed by atoms with Crippen molar-refractivity contribution in [1.29, 1.82) is 0 Å². The molecule has 1 aliphatic rings. The first-order chi connectivity index (χ1) is 8.57. The van der Waals surface area contributed by atoms with E-state index >= 15 is 0 Å². The highest BCUT2D eigenvalue weighted by Gasteiger charge is 2.40. The molecule has 1 saturated carbocycles. The summed E-state index contributed by atoms with van der Waals surface area (Å²) in [7, 11) is 0. The molecule has 3 N–H and O–H groups in total. The Kier molecular flexibility index (Phi) is 4.46. The third-order valence-corrected chi connectivity index (χ3v) is 4.77. The van der Waals surface area contributed by atoms with Gasteiger partial charge in [0.05, 0.1) is 6.10 Å². The molecule has 1 aliphatic carbocycles. The molecule has 0 aliphatic heterocycles. The molecule has 1 fully saturated rings. The van der Waals surface area contributed by atoms with E-state index in [1.54, 1.807) is 0 Å². The fourth-order valence-electron chi connectivity index (χ4n) is 3.28. The molecule has 0 spiro atoms. The van der Waals surface area contributed by atoms with Crippen molar-refractivity contribution in [2.75, 3.05) is 6.54 Å². The van der Waals surface area contributed by atoms with Crippen molar-refractivity contribution in [2.24, 2.45) is 17.1 Å². The third kappa shape index (κ3) is 2.79. The summed E-state index contributed by atoms with van der Waals surface area (Å²) in [5, 5.41) is 10.7. The molecule has 3 heteroatoms. The Bertz CT molecular complexity index is 409. The first-order valence-electron chi connectivity index (χ1n) is 6.71. The normalized spacial score (nSPS) is 30.1. The van der Waals surface area contributed by atoms with E-state index in [0.29, 0.717) is 12.5 Å². The average molecular weight is 312 g/mol. The summed E-state index contributed by atoms with van der Waals surface area (Å²) in [6.45, 7) is 2.82. The van der Waals surface area contributed by atoms with E-state index in [4.69, 9.17) is 5.73 Å². The minimum Gasteiger partial charge on any atom is -0.388 e. The molecule has 2 nitrogen and oxygen atoms in total. The maximum absolute atomic E-state index is 10.7. The molecule has 3 atom stereocenters. The van der Waals surface area contributed by atoms with Gasteiger partial charge in [-0.3, -0.25) is 0 Å². The predicted molar refractivity (Wildman–Crippen MR) is 78.2 cm³/mol. The van der Waals surface area contributed by atoms with Crippen LogP contribution in [0, 0.1) is 11.3 Å². The highest BCUT2D eigenvalue weighted by atomic mass is 79.9. The summed E-state index contributed by atoms with van der Waals surface area (Å²) in [6, 6.07) is 7.95. The largest absolute Gasteiger partial charge is 0.388 e. The topological polar surface area (TPSA) is 46.2 Å². The Balaban J connectivity index is 2.26. The Morgan fingerprint density at radius 1 is 1.56 bits per heavy atom. The molecule has 1 aromatic rings. The zero-order valence-electron chi connectivity index (χ0n) is 10.9. The van der Waals surface area contributed by atoms with E-state index in [1.807, 2.05) is 24.3 Å². The van der Waals surface area contributed by atoms with Crippen LogP contribution in [-0.4, -0.2) is 11.7 Å². The van der Waals surface area contributed by atoms with E-state index < -0.39 is 6.10 Å². The minimum absolute atomic E-state index is 0.140. The lowest BCUT2D eigenvalue weighted by Gasteiger charge is -2.43. The summed E-state index contributed by atoms with van der Waals surface area (Å²) in [6.07, 6.45) is 4.03. The van der Waals surface area contributed by atoms with E-state index in [-0.39, 0.29) is 5.41 Å². The van der Waals surface area contributed by atoms with Crippen LogP contribution >= 0.6 is 15.9 Å². The number of aliphatic hydroxyl groups is 1. The molecule has 3 unspecified atom stereocenters. The van der Waals surface area contributed by atoms with E-state index in [1.165, 1.54) is 12.8 Å². The number of hydrogen-bond donors (Lipinski definition) is 2. The molecule has 0 amide bonds. The Morgan fingerprint density at radius 3 is 2.94 bits per heavy atom. The molecule has 0 bridgehead atoms. The van der Waals surface area contributed by atoms with E-state index in [0.717, 1.165) is 22.9 Å². The van der Waals surface area contributed by atoms with Crippen molar-refractivity contribution in [1.82, 2.24) is 0 Å². The second-order valence-electron chi connectivity index (χ2n) is 5.73. The van der Waals surface area contributed by atoms with Gasteiger partial charge in [0.25, 0.3) is 0 Å². The molecule has 0 heterocycles. The highest BCUT2D eigenvalue weighted by Crippen LogP contribution is 2.47. The molecular weight excluding hydrogens is 290 g/mol. The summed E-state index contributed by atoms with van der Waals surface area (Å²) >= 11 is 3.46. The molecule has 0 saturated heterocycles. The first kappa shape index (κ1) is 14.0. The Morgan fingerprint density at radius 2 is 2.33 bits per heavy atom. The lowest BCUT2D eigenvalue weighted by Crippen LogP contribution is -2.40. The number of benzene rings is 1. The van der Waals surface area contributed by atoms with E-state index in [2.05, 4.69) is 22.9 Å². The number of hydrogen-bond acceptors (Lipinski definition) is 2. The van der Waals surface area contributed by atoms with Crippen molar-refractivity contribution in [3.8, 4) is 0 Å². The Hall–Kier alpha value is -0.380. The second kappa shape index (κ2) is 5.72. The molecule has 0 radical (unpaired) electrons. The molecular formula is C15H22BrNO. The zero-order chi connectivity index (χ0) is 13.2. The number of nitrogens with two attached hydrogens (primary N) is 1. The molecule has 1 aromatic carbocycles. The van der Waals surface area contributed by atoms with Gasteiger partial charge < -0.3 is 10.8 Å². The smallest absolute Gasteiger partial charge is 0.0858 e. The van der Waals surface area contributed by atoms with Crippen LogP contribution in [0.4, 0.5) is 0 Å². The minimum atomic E-state index is -0.456. The predicted octanol–water partition coefficient (Wildman–Crippen LogP) is 3.64. The summed E-state index contributed by atoms with van der Waals surface area (Å²) in [5.41, 5.74) is 6.84. The van der Waals surface area contributed by atoms with Crippen molar-refractivity contribution >= 4 is 15.9 Å². The Labute approximate surface area is 118 Å². The van der Waals surface area contributed by atoms with Crippen molar-refractivity contribution in [3.05, 3.63) is 34.3 Å². The fourth-order valence-corrected chi connectivity index (χ4v) is 3.69. The second-order valence-corrected chi connectivity index (χ2v) is 6.64. The summed E-state index contributed by atoms with van der Waals surface area (Å²) in [5.74, 6) is 0.657. The number of rotatable bonds is 3. The fraction of sp³-hybridized carbons (Fsp3) is 0.600. The first-order valence-corrected chi connectivity index (χ1v) is 7.50. The van der Waals surface area contributed by atoms with E-state index in [9.17, 15) is 5.11 Å². The molecule has 100 valence electrons. The van der Waals surface area contributed by atoms with Gasteiger partial charge in [-0.2, -0.15) is 0 Å². The van der Waals surface area contributed by atoms with Gasteiger partial charge in [-0.05, 0) is 36.5 Å². The lowest BCUT2D eigenvalue weighted by atomic mass is 9.65. The number of aliphatic hydroxyl groups excluding tert-OH is 1. The maximum Gasteiger partial charge on any atom is 0.0858 e. The van der Waals surface area contributed by atoms with Crippen molar-refractivity contribution < 1.29 is 5.11 Å². The van der Waals surface area contributed by atoms with Crippen molar-refractivity contribution in [2.45, 2.75) is 38.7 Å². The van der Waals surface area contributed by atoms with Gasteiger partial charge in [0.15, 0.2) is 0 Å². The average Bonchev–Trinajstić information content (AvgIpc) is 2.37. The van der Waals surface area contributed by atoms with Crippen LogP contribution in [-0.2, 0) is 0 Å². The lowest BCUT2D eigenvalue weighted by molar-refractivity contribution is -0.0131. The maximum atomic E-state index is 10.7. The van der Waals surface area contributed by atoms with Gasteiger partial charge in [0, 0.05) is 16.4 Å². The summed E-state index contributed by atoms with van der Waals surface area (Å²) in [4.78, 5) is 0. The molecule has 18 heavy (non-hydrogen) atoms. The van der Waals surface area contributed by atoms with Gasteiger partial charge in [-0.15, -0.1) is 0 Å². The van der Waals surface area contributed by atoms with Crippen LogP contribution in [0.1, 0.15) is 44.3 Å². The zero-order valence-corrected chi connectivity index (χ0v) is 12.5. The van der Waals surface area contributed by atoms with Gasteiger partial charge in [0.1, 0.15) is 0 Å². The van der Waals surface area contributed by atoms with Crippen LogP contribution in [0.2, 0.25) is 0 Å². The van der Waals surface area contributed by atoms with Gasteiger partial charge in [-0.1, -0.05) is 47.8 Å². The standard InChI is InChI=1S/C15H22BrNO/c1-11-4-3-7-15(9-11,10-17)14(18)12-5-2-6-13(16)8-12/h2,5-6,8,11,14,18H,3-4,7,9-10,17H2,1H3. The summed E-state index contributed by atoms with van der Waals surface area (Å²) < 4.78 is 1.01. The van der Waals surface area contributed by atoms with Gasteiger partial charge >= 0.3 is 0 Å². The van der Waals surface area contributed by atoms with Gasteiger partial charge in [-0.25, -0.2) is 0 Å². The SMILES string of the molecule is CC1CCCC(CN)(C(O)c2cccc(Br)c2)C1. The van der Waals surface area contributed by atoms with Crippen LogP contribution in [0.25, 0.3) is 0 Å². The molecule has 0 aromatic heterocycles. The van der Waals surface area contributed by atoms with Gasteiger partial charge in [0.2, 0.25) is 0 Å². The quantitative estimate of drug-likeness (QED) is 0.895. The third-order valence-electron chi connectivity index (χ3n) is 4.28. The van der Waals surface area contributed by atoms with Crippen LogP contribution in [0.3, 0.4) is 0 Å². The monoisotopic (exact) mass is 311 g/mol.